The van der Waals surface area contributed by atoms with E-state index in [9.17, 15) is 4.79 Å². The van der Waals surface area contributed by atoms with Crippen LogP contribution in [0.3, 0.4) is 0 Å². The molecule has 1 rings (SSSR count). The molecule has 17 heavy (non-hydrogen) atoms. The average molecular weight is 242 g/mol. The summed E-state index contributed by atoms with van der Waals surface area (Å²) in [5, 5.41) is 3.47. The third-order valence-corrected chi connectivity index (χ3v) is 3.39. The van der Waals surface area contributed by atoms with E-state index in [1.165, 1.54) is 19.3 Å². The number of nitrogens with one attached hydrogen (secondary N) is 1. The SMILES string of the molecule is COCCCN(C)C(=O)CCC1CCCCN1. The van der Waals surface area contributed by atoms with Crippen molar-refractivity contribution in [3.05, 3.63) is 0 Å². The van der Waals surface area contributed by atoms with Crippen molar-refractivity contribution in [1.82, 2.24) is 10.2 Å². The molecule has 1 atom stereocenters. The standard InChI is InChI=1S/C13H26N2O2/c1-15(10-5-11-17-2)13(16)8-7-12-6-3-4-9-14-12/h12,14H,3-11H2,1-2H3. The van der Waals surface area contributed by atoms with Gasteiger partial charge in [-0.05, 0) is 32.2 Å². The van der Waals surface area contributed by atoms with Crippen LogP contribution in [0.1, 0.15) is 38.5 Å². The summed E-state index contributed by atoms with van der Waals surface area (Å²) in [6, 6.07) is 0.556. The Morgan fingerprint density at radius 1 is 1.47 bits per heavy atom. The molecule has 1 fully saturated rings. The summed E-state index contributed by atoms with van der Waals surface area (Å²) in [4.78, 5) is 13.7. The molecule has 1 amide bonds. The number of hydrogen-bond donors (Lipinski definition) is 1. The lowest BCUT2D eigenvalue weighted by Crippen LogP contribution is -2.36. The zero-order valence-corrected chi connectivity index (χ0v) is 11.2. The Hall–Kier alpha value is -0.610. The Morgan fingerprint density at radius 3 is 2.94 bits per heavy atom. The lowest BCUT2D eigenvalue weighted by Gasteiger charge is -2.24. The van der Waals surface area contributed by atoms with Crippen molar-refractivity contribution >= 4 is 5.91 Å². The van der Waals surface area contributed by atoms with Gasteiger partial charge in [0.2, 0.25) is 5.91 Å². The Labute approximate surface area is 105 Å². The molecular formula is C13H26N2O2. The van der Waals surface area contributed by atoms with Gasteiger partial charge < -0.3 is 15.0 Å². The van der Waals surface area contributed by atoms with Crippen LogP contribution >= 0.6 is 0 Å². The number of piperidine rings is 1. The molecule has 1 aliphatic rings. The molecule has 0 radical (unpaired) electrons. The highest BCUT2D eigenvalue weighted by atomic mass is 16.5. The van der Waals surface area contributed by atoms with E-state index >= 15 is 0 Å². The first-order chi connectivity index (χ1) is 8.24. The first-order valence-corrected chi connectivity index (χ1v) is 6.70. The van der Waals surface area contributed by atoms with Crippen molar-refractivity contribution in [1.29, 1.82) is 0 Å². The average Bonchev–Trinajstić information content (AvgIpc) is 2.37. The Bertz CT molecular complexity index is 215. The van der Waals surface area contributed by atoms with Crippen LogP contribution in [0.4, 0.5) is 0 Å². The zero-order valence-electron chi connectivity index (χ0n) is 11.2. The van der Waals surface area contributed by atoms with Crippen molar-refractivity contribution in [2.45, 2.75) is 44.6 Å². The van der Waals surface area contributed by atoms with E-state index in [2.05, 4.69) is 5.32 Å². The number of amides is 1. The summed E-state index contributed by atoms with van der Waals surface area (Å²) in [5.41, 5.74) is 0. The highest BCUT2D eigenvalue weighted by Gasteiger charge is 2.15. The summed E-state index contributed by atoms with van der Waals surface area (Å²) >= 11 is 0. The summed E-state index contributed by atoms with van der Waals surface area (Å²) in [5.74, 6) is 0.258. The monoisotopic (exact) mass is 242 g/mol. The van der Waals surface area contributed by atoms with Crippen LogP contribution < -0.4 is 5.32 Å². The molecule has 0 saturated carbocycles. The van der Waals surface area contributed by atoms with Crippen LogP contribution in [0.15, 0.2) is 0 Å². The van der Waals surface area contributed by atoms with Gasteiger partial charge in [0.1, 0.15) is 0 Å². The summed E-state index contributed by atoms with van der Waals surface area (Å²) < 4.78 is 4.98. The highest BCUT2D eigenvalue weighted by molar-refractivity contribution is 5.75. The molecule has 1 aliphatic heterocycles. The molecule has 1 unspecified atom stereocenters. The fourth-order valence-corrected chi connectivity index (χ4v) is 2.23. The topological polar surface area (TPSA) is 41.6 Å². The summed E-state index contributed by atoms with van der Waals surface area (Å²) in [7, 11) is 3.57. The van der Waals surface area contributed by atoms with Gasteiger partial charge in [-0.25, -0.2) is 0 Å². The molecule has 0 bridgehead atoms. The molecule has 100 valence electrons. The van der Waals surface area contributed by atoms with E-state index < -0.39 is 0 Å². The third-order valence-electron chi connectivity index (χ3n) is 3.39. The molecule has 0 aliphatic carbocycles. The van der Waals surface area contributed by atoms with Crippen molar-refractivity contribution in [2.75, 3.05) is 33.9 Å². The molecule has 0 aromatic rings. The lowest BCUT2D eigenvalue weighted by molar-refractivity contribution is -0.130. The molecule has 1 heterocycles. The Morgan fingerprint density at radius 2 is 2.29 bits per heavy atom. The molecule has 1 N–H and O–H groups in total. The maximum absolute atomic E-state index is 11.8. The van der Waals surface area contributed by atoms with Gasteiger partial charge in [-0.3, -0.25) is 4.79 Å². The molecule has 0 aromatic carbocycles. The Balaban J connectivity index is 2.10. The third kappa shape index (κ3) is 6.03. The van der Waals surface area contributed by atoms with Crippen LogP contribution in [-0.4, -0.2) is 50.7 Å². The maximum Gasteiger partial charge on any atom is 0.222 e. The lowest BCUT2D eigenvalue weighted by atomic mass is 10.0. The first kappa shape index (κ1) is 14.5. The molecule has 1 saturated heterocycles. The molecular weight excluding hydrogens is 216 g/mol. The van der Waals surface area contributed by atoms with Crippen LogP contribution in [0, 0.1) is 0 Å². The number of carbonyl (C=O) groups excluding carboxylic acids is 1. The second-order valence-corrected chi connectivity index (χ2v) is 4.85. The van der Waals surface area contributed by atoms with Crippen LogP contribution in [0.2, 0.25) is 0 Å². The van der Waals surface area contributed by atoms with Gasteiger partial charge in [0.15, 0.2) is 0 Å². The maximum atomic E-state index is 11.8. The second-order valence-electron chi connectivity index (χ2n) is 4.85. The van der Waals surface area contributed by atoms with Crippen molar-refractivity contribution in [2.24, 2.45) is 0 Å². The van der Waals surface area contributed by atoms with Gasteiger partial charge in [-0.2, -0.15) is 0 Å². The normalized spacial score (nSPS) is 20.2. The molecule has 0 aromatic heterocycles. The van der Waals surface area contributed by atoms with Crippen molar-refractivity contribution < 1.29 is 9.53 Å². The van der Waals surface area contributed by atoms with E-state index in [0.29, 0.717) is 12.5 Å². The minimum Gasteiger partial charge on any atom is -0.385 e. The highest BCUT2D eigenvalue weighted by Crippen LogP contribution is 2.12. The van der Waals surface area contributed by atoms with Crippen LogP contribution in [0.5, 0.6) is 0 Å². The zero-order chi connectivity index (χ0) is 12.5. The largest absolute Gasteiger partial charge is 0.385 e. The number of ether oxygens (including phenoxy) is 1. The van der Waals surface area contributed by atoms with E-state index in [1.54, 1.807) is 7.11 Å². The van der Waals surface area contributed by atoms with Gasteiger partial charge in [-0.15, -0.1) is 0 Å². The van der Waals surface area contributed by atoms with Gasteiger partial charge in [-0.1, -0.05) is 6.42 Å². The van der Waals surface area contributed by atoms with E-state index in [0.717, 1.165) is 32.5 Å². The first-order valence-electron chi connectivity index (χ1n) is 6.70. The molecule has 4 nitrogen and oxygen atoms in total. The van der Waals surface area contributed by atoms with Crippen molar-refractivity contribution in [3.8, 4) is 0 Å². The van der Waals surface area contributed by atoms with E-state index in [4.69, 9.17) is 4.74 Å². The van der Waals surface area contributed by atoms with Gasteiger partial charge in [0.05, 0.1) is 0 Å². The molecule has 0 spiro atoms. The predicted molar refractivity (Wildman–Crippen MR) is 69.0 cm³/mol. The van der Waals surface area contributed by atoms with E-state index in [1.807, 2.05) is 11.9 Å². The minimum absolute atomic E-state index is 0.258. The summed E-state index contributed by atoms with van der Waals surface area (Å²) in [6.45, 7) is 2.63. The number of carbonyl (C=O) groups is 1. The van der Waals surface area contributed by atoms with Crippen molar-refractivity contribution in [3.63, 3.8) is 0 Å². The predicted octanol–water partition coefficient (Wildman–Crippen LogP) is 1.40. The molecule has 4 heteroatoms. The number of nitrogens with zero attached hydrogens (tertiary/aromatic N) is 1. The van der Waals surface area contributed by atoms with Gasteiger partial charge in [0.25, 0.3) is 0 Å². The van der Waals surface area contributed by atoms with E-state index in [-0.39, 0.29) is 5.91 Å². The fraction of sp³-hybridized carbons (Fsp3) is 0.923. The van der Waals surface area contributed by atoms with Gasteiger partial charge in [0, 0.05) is 39.8 Å². The quantitative estimate of drug-likeness (QED) is 0.686. The number of hydrogen-bond acceptors (Lipinski definition) is 3. The van der Waals surface area contributed by atoms with Gasteiger partial charge >= 0.3 is 0 Å². The summed E-state index contributed by atoms with van der Waals surface area (Å²) in [6.07, 6.45) is 6.37. The minimum atomic E-state index is 0.258. The second kappa shape index (κ2) is 8.48. The van der Waals surface area contributed by atoms with Crippen LogP contribution in [0.25, 0.3) is 0 Å². The van der Waals surface area contributed by atoms with Crippen LogP contribution in [-0.2, 0) is 9.53 Å². The number of methoxy groups -OCH3 is 1. The Kier molecular flexibility index (Phi) is 7.21. The number of rotatable bonds is 7. The fourth-order valence-electron chi connectivity index (χ4n) is 2.23. The smallest absolute Gasteiger partial charge is 0.222 e.